The Hall–Kier alpha value is -5.95. The van der Waals surface area contributed by atoms with E-state index in [1.165, 1.54) is 24.3 Å². The van der Waals surface area contributed by atoms with Gasteiger partial charge in [-0.25, -0.2) is 27.8 Å². The molecular formula is C41H48F3N5O10S. The molecule has 0 radical (unpaired) electrons. The lowest BCUT2D eigenvalue weighted by Gasteiger charge is -2.28. The number of imide groups is 1. The van der Waals surface area contributed by atoms with Crippen LogP contribution in [0.15, 0.2) is 71.8 Å². The van der Waals surface area contributed by atoms with Gasteiger partial charge in [-0.15, -0.1) is 0 Å². The standard InChI is InChI=1S/C41H48F3N5O10S/c1-39(2,3)58-37(53)49(38(54)59-40(4,5)6)35-30-14-12-29(21-24(30)18-19-45-35)47-34(36(51)52)26-10-15-31(57-9)25(20-26)11-17-33(50)46-28-13-16-32(27(22-28)23-48(7)8)60(55,56)41(42,43)44/h10,12-16,18-22,34,47H,11,17,23H2,1-9H3,(H,46,50)(H,51,52). The molecule has 0 bridgehead atoms. The van der Waals surface area contributed by atoms with Gasteiger partial charge in [0.1, 0.15) is 17.0 Å². The van der Waals surface area contributed by atoms with Crippen LogP contribution in [0.5, 0.6) is 5.75 Å². The molecule has 0 fully saturated rings. The number of pyridine rings is 1. The topological polar surface area (TPSA) is 194 Å². The number of alkyl halides is 3. The van der Waals surface area contributed by atoms with Gasteiger partial charge in [-0.1, -0.05) is 6.07 Å². The molecule has 3 N–H and O–H groups in total. The third-order valence-electron chi connectivity index (χ3n) is 8.35. The number of hydrogen-bond acceptors (Lipinski definition) is 12. The maximum atomic E-state index is 13.4. The minimum Gasteiger partial charge on any atom is -0.496 e. The first kappa shape index (κ1) is 46.7. The fourth-order valence-corrected chi connectivity index (χ4v) is 6.87. The third-order valence-corrected chi connectivity index (χ3v) is 9.94. The molecule has 1 aromatic heterocycles. The second kappa shape index (κ2) is 18.1. The van der Waals surface area contributed by atoms with Crippen molar-refractivity contribution in [1.29, 1.82) is 0 Å². The molecule has 0 aliphatic rings. The second-order valence-electron chi connectivity index (χ2n) is 15.9. The molecule has 19 heteroatoms. The Morgan fingerprint density at radius 3 is 2.00 bits per heavy atom. The summed E-state index contributed by atoms with van der Waals surface area (Å²) in [6.45, 7) is 9.70. The fourth-order valence-electron chi connectivity index (χ4n) is 5.90. The zero-order valence-corrected chi connectivity index (χ0v) is 35.4. The monoisotopic (exact) mass is 859 g/mol. The van der Waals surface area contributed by atoms with Crippen LogP contribution in [-0.2, 0) is 41.9 Å². The minimum atomic E-state index is -5.66. The van der Waals surface area contributed by atoms with Crippen molar-refractivity contribution < 1.29 is 60.1 Å². The lowest BCUT2D eigenvalue weighted by Crippen LogP contribution is -2.44. The van der Waals surface area contributed by atoms with Gasteiger partial charge in [0.05, 0.1) is 12.0 Å². The van der Waals surface area contributed by atoms with Gasteiger partial charge in [-0.2, -0.15) is 18.1 Å². The smallest absolute Gasteiger partial charge is 0.496 e. The molecule has 0 saturated carbocycles. The largest absolute Gasteiger partial charge is 0.501 e. The van der Waals surface area contributed by atoms with E-state index in [1.54, 1.807) is 98.1 Å². The van der Waals surface area contributed by atoms with Crippen LogP contribution in [0.3, 0.4) is 0 Å². The Bertz CT molecular complexity index is 2350. The van der Waals surface area contributed by atoms with E-state index in [4.69, 9.17) is 14.2 Å². The van der Waals surface area contributed by atoms with Crippen molar-refractivity contribution in [3.05, 3.63) is 83.6 Å². The number of carboxylic acids is 1. The van der Waals surface area contributed by atoms with E-state index in [0.717, 1.165) is 12.1 Å². The summed E-state index contributed by atoms with van der Waals surface area (Å²) < 4.78 is 81.0. The number of hydrogen-bond donors (Lipinski definition) is 3. The van der Waals surface area contributed by atoms with Crippen molar-refractivity contribution >= 4 is 61.9 Å². The third kappa shape index (κ3) is 11.8. The molecule has 4 aromatic rings. The normalized spacial score (nSPS) is 12.8. The van der Waals surface area contributed by atoms with Crippen LogP contribution >= 0.6 is 0 Å². The Morgan fingerprint density at radius 1 is 0.833 bits per heavy atom. The van der Waals surface area contributed by atoms with Crippen molar-refractivity contribution in [2.45, 2.75) is 88.6 Å². The van der Waals surface area contributed by atoms with E-state index in [0.29, 0.717) is 38.2 Å². The first-order chi connectivity index (χ1) is 27.7. The highest BCUT2D eigenvalue weighted by atomic mass is 32.2. The number of carboxylic acid groups (broad SMARTS) is 1. The van der Waals surface area contributed by atoms with E-state index in [-0.39, 0.29) is 36.5 Å². The van der Waals surface area contributed by atoms with Crippen LogP contribution in [-0.4, -0.2) is 85.4 Å². The molecule has 1 heterocycles. The molecule has 60 heavy (non-hydrogen) atoms. The zero-order valence-electron chi connectivity index (χ0n) is 34.6. The summed E-state index contributed by atoms with van der Waals surface area (Å²) in [5, 5.41) is 16.8. The number of aliphatic carboxylic acids is 1. The molecule has 15 nitrogen and oxygen atoms in total. The second-order valence-corrected chi connectivity index (χ2v) is 17.8. The van der Waals surface area contributed by atoms with Gasteiger partial charge in [0.25, 0.3) is 9.84 Å². The number of halogens is 3. The quantitative estimate of drug-likeness (QED) is 0.117. The summed E-state index contributed by atoms with van der Waals surface area (Å²) in [6, 6.07) is 12.7. The maximum Gasteiger partial charge on any atom is 0.501 e. The van der Waals surface area contributed by atoms with Crippen LogP contribution in [0, 0.1) is 0 Å². The molecule has 0 aliphatic heterocycles. The van der Waals surface area contributed by atoms with Crippen LogP contribution in [0.25, 0.3) is 10.8 Å². The summed E-state index contributed by atoms with van der Waals surface area (Å²) in [5.41, 5.74) is -6.40. The summed E-state index contributed by atoms with van der Waals surface area (Å²) in [4.78, 5) is 58.0. The number of sulfone groups is 1. The summed E-state index contributed by atoms with van der Waals surface area (Å²) in [6.07, 6.45) is -0.759. The number of aromatic nitrogens is 1. The van der Waals surface area contributed by atoms with Crippen LogP contribution < -0.4 is 20.3 Å². The van der Waals surface area contributed by atoms with Gasteiger partial charge in [0, 0.05) is 35.9 Å². The molecule has 4 rings (SSSR count). The molecule has 324 valence electrons. The molecule has 0 saturated heterocycles. The summed E-state index contributed by atoms with van der Waals surface area (Å²) in [5.74, 6) is -1.51. The predicted molar refractivity (Wildman–Crippen MR) is 218 cm³/mol. The number of nitrogens with one attached hydrogen (secondary N) is 2. The predicted octanol–water partition coefficient (Wildman–Crippen LogP) is 8.08. The van der Waals surface area contributed by atoms with Crippen LogP contribution in [0.4, 0.5) is 40.0 Å². The Morgan fingerprint density at radius 2 is 1.45 bits per heavy atom. The molecule has 1 atom stereocenters. The number of amides is 3. The van der Waals surface area contributed by atoms with Gasteiger partial charge in [0.2, 0.25) is 5.91 Å². The van der Waals surface area contributed by atoms with Gasteiger partial charge in [-0.3, -0.25) is 4.79 Å². The first-order valence-corrected chi connectivity index (χ1v) is 19.9. The van der Waals surface area contributed by atoms with Crippen LogP contribution in [0.2, 0.25) is 0 Å². The van der Waals surface area contributed by atoms with Gasteiger partial charge >= 0.3 is 23.7 Å². The maximum absolute atomic E-state index is 13.4. The van der Waals surface area contributed by atoms with Crippen molar-refractivity contribution in [2.24, 2.45) is 0 Å². The average molecular weight is 860 g/mol. The fraction of sp³-hybridized carbons (Fsp3) is 0.390. The molecule has 0 spiro atoms. The number of anilines is 3. The van der Waals surface area contributed by atoms with E-state index >= 15 is 0 Å². The van der Waals surface area contributed by atoms with Crippen molar-refractivity contribution in [1.82, 2.24) is 9.88 Å². The number of rotatable bonds is 13. The zero-order chi connectivity index (χ0) is 45.0. The average Bonchev–Trinajstić information content (AvgIpc) is 3.10. The van der Waals surface area contributed by atoms with E-state index in [1.807, 2.05) is 0 Å². The number of methoxy groups -OCH3 is 1. The molecule has 0 aliphatic carbocycles. The Labute approximate surface area is 345 Å². The van der Waals surface area contributed by atoms with Gasteiger partial charge in [-0.05, 0) is 139 Å². The van der Waals surface area contributed by atoms with Crippen molar-refractivity contribution in [3.8, 4) is 5.75 Å². The first-order valence-electron chi connectivity index (χ1n) is 18.4. The van der Waals surface area contributed by atoms with Gasteiger partial charge < -0.3 is 34.9 Å². The molecular weight excluding hydrogens is 812 g/mol. The van der Waals surface area contributed by atoms with E-state index in [9.17, 15) is 45.9 Å². The van der Waals surface area contributed by atoms with Crippen LogP contribution in [0.1, 0.15) is 70.7 Å². The van der Waals surface area contributed by atoms with E-state index in [2.05, 4.69) is 15.6 Å². The SMILES string of the molecule is COc1ccc(C(Nc2ccc3c(N(C(=O)OC(C)(C)C)C(=O)OC(C)(C)C)nccc3c2)C(=O)O)cc1CCC(=O)Nc1ccc(S(=O)(=O)C(F)(F)F)c(CN(C)C)c1. The number of carbonyl (C=O) groups is 4. The Balaban J connectivity index is 1.59. The highest BCUT2D eigenvalue weighted by molar-refractivity contribution is 7.92. The number of ether oxygens (including phenoxy) is 3. The highest BCUT2D eigenvalue weighted by Crippen LogP contribution is 2.35. The Kier molecular flexibility index (Phi) is 14.1. The number of carbonyl (C=O) groups excluding carboxylic acids is 3. The molecule has 3 amide bonds. The lowest BCUT2D eigenvalue weighted by molar-refractivity contribution is -0.138. The van der Waals surface area contributed by atoms with E-state index < -0.39 is 61.5 Å². The summed E-state index contributed by atoms with van der Waals surface area (Å²) in [7, 11) is -1.15. The number of nitrogens with zero attached hydrogens (tertiary/aromatic N) is 3. The summed E-state index contributed by atoms with van der Waals surface area (Å²) >= 11 is 0. The molecule has 1 unspecified atom stereocenters. The highest BCUT2D eigenvalue weighted by Gasteiger charge is 2.48. The van der Waals surface area contributed by atoms with Gasteiger partial charge in [0.15, 0.2) is 11.9 Å². The lowest BCUT2D eigenvalue weighted by atomic mass is 9.99. The number of benzene rings is 3. The molecule has 3 aromatic carbocycles. The number of fused-ring (bicyclic) bond motifs is 1. The van der Waals surface area contributed by atoms with Crippen molar-refractivity contribution in [3.63, 3.8) is 0 Å². The van der Waals surface area contributed by atoms with Crippen molar-refractivity contribution in [2.75, 3.05) is 36.7 Å². The minimum absolute atomic E-state index is 0.0534. The number of aryl methyl sites for hydroxylation is 1.